The minimum absolute atomic E-state index is 0.750. The predicted molar refractivity (Wildman–Crippen MR) is 72.0 cm³/mol. The number of halogens is 2. The van der Waals surface area contributed by atoms with E-state index in [2.05, 4.69) is 37.9 Å². The van der Waals surface area contributed by atoms with Crippen LogP contribution in [0.3, 0.4) is 0 Å². The first-order chi connectivity index (χ1) is 10.3. The van der Waals surface area contributed by atoms with Crippen LogP contribution in [0.2, 0.25) is 0 Å². The van der Waals surface area contributed by atoms with Gasteiger partial charge in [-0.25, -0.2) is 9.57 Å². The number of nitrogens with zero attached hydrogens (tertiary/aromatic N) is 5. The fourth-order valence-corrected chi connectivity index (χ4v) is 1.48. The molecule has 0 saturated carbocycles. The van der Waals surface area contributed by atoms with Gasteiger partial charge in [-0.15, -0.1) is 0 Å². The Bertz CT molecular complexity index is 653. The molecule has 1 aromatic rings. The Balaban J connectivity index is 0.000000342. The van der Waals surface area contributed by atoms with Crippen molar-refractivity contribution in [3.05, 3.63) is 6.08 Å². The quantitative estimate of drug-likeness (QED) is 0.524. The summed E-state index contributed by atoms with van der Waals surface area (Å²) in [6.45, 7) is 4.24. The van der Waals surface area contributed by atoms with E-state index in [1.165, 1.54) is 12.8 Å². The van der Waals surface area contributed by atoms with Gasteiger partial charge in [0.15, 0.2) is 12.3 Å². The van der Waals surface area contributed by atoms with Crippen molar-refractivity contribution < 1.29 is 29.7 Å². The van der Waals surface area contributed by atoms with Gasteiger partial charge in [-0.2, -0.15) is 21.2 Å². The number of aliphatic imine (C=N–C) groups is 1. The number of aromatic nitrogens is 3. The molecule has 9 nitrogen and oxygen atoms in total. The minimum atomic E-state index is -5.01. The molecule has 0 fully saturated rings. The molecular weight excluding hydrogens is 344 g/mol. The van der Waals surface area contributed by atoms with E-state index in [0.717, 1.165) is 13.2 Å². The molecule has 0 radical (unpaired) electrons. The van der Waals surface area contributed by atoms with Crippen molar-refractivity contribution in [1.82, 2.24) is 15.2 Å². The van der Waals surface area contributed by atoms with Crippen LogP contribution in [-0.4, -0.2) is 57.3 Å². The van der Waals surface area contributed by atoms with E-state index in [0.29, 0.717) is 0 Å². The molecule has 0 amide bonds. The lowest BCUT2D eigenvalue weighted by Crippen LogP contribution is -2.10. The smallest absolute Gasteiger partial charge is 0.334 e. The molecule has 0 aliphatic carbocycles. The van der Waals surface area contributed by atoms with Crippen LogP contribution < -0.4 is 4.98 Å². The topological polar surface area (TPSA) is 124 Å². The normalized spacial score (nSPS) is 12.6. The van der Waals surface area contributed by atoms with Gasteiger partial charge in [-0.05, 0) is 0 Å². The maximum absolute atomic E-state index is 11.8. The monoisotopic (exact) mass is 357 g/mol. The van der Waals surface area contributed by atoms with Gasteiger partial charge in [0.2, 0.25) is 6.67 Å². The Morgan fingerprint density at radius 2 is 2.05 bits per heavy atom. The van der Waals surface area contributed by atoms with Crippen molar-refractivity contribution in [2.24, 2.45) is 4.99 Å². The first-order valence-corrected chi connectivity index (χ1v) is 7.86. The molecule has 124 valence electrons. The van der Waals surface area contributed by atoms with E-state index in [1.54, 1.807) is 0 Å². The van der Waals surface area contributed by atoms with E-state index in [1.807, 2.05) is 6.21 Å². The fraction of sp³-hybridized carbons (Fsp3) is 0.556. The molecule has 2 heterocycles. The summed E-state index contributed by atoms with van der Waals surface area (Å²) in [7, 11) is -5.01. The lowest BCUT2D eigenvalue weighted by molar-refractivity contribution is -0.517. The average molecular weight is 357 g/mol. The lowest BCUT2D eigenvalue weighted by atomic mass is 10.3. The lowest BCUT2D eigenvalue weighted by Gasteiger charge is -1.92. The van der Waals surface area contributed by atoms with Crippen LogP contribution in [0.25, 0.3) is 0 Å². The summed E-state index contributed by atoms with van der Waals surface area (Å²) < 4.78 is 62.0. The SMILES string of the molecule is CCCC[N+]1=CC=NC1.O=S(=O)(F)c1nnc(F)[n-]1.O=S=O. The maximum atomic E-state index is 11.8. The van der Waals surface area contributed by atoms with Gasteiger partial charge in [-0.3, -0.25) is 0 Å². The Hall–Kier alpha value is -1.89. The van der Waals surface area contributed by atoms with Crippen molar-refractivity contribution in [1.29, 1.82) is 0 Å². The highest BCUT2D eigenvalue weighted by molar-refractivity contribution is 7.86. The fourth-order valence-electron chi connectivity index (χ4n) is 1.16. The third kappa shape index (κ3) is 9.12. The van der Waals surface area contributed by atoms with Crippen LogP contribution in [0.4, 0.5) is 8.28 Å². The summed E-state index contributed by atoms with van der Waals surface area (Å²) in [6.07, 6.45) is 5.10. The van der Waals surface area contributed by atoms with Crippen LogP contribution in [0.5, 0.6) is 0 Å². The zero-order chi connectivity index (χ0) is 17.0. The summed E-state index contributed by atoms with van der Waals surface area (Å²) >= 11 is -0.750. The Morgan fingerprint density at radius 1 is 1.41 bits per heavy atom. The second-order valence-corrected chi connectivity index (χ2v) is 5.03. The molecule has 0 N–H and O–H groups in total. The molecule has 0 saturated heterocycles. The van der Waals surface area contributed by atoms with Crippen molar-refractivity contribution in [2.45, 2.75) is 24.9 Å². The summed E-state index contributed by atoms with van der Waals surface area (Å²) in [5, 5.41) is 3.88. The van der Waals surface area contributed by atoms with E-state index >= 15 is 0 Å². The zero-order valence-electron chi connectivity index (χ0n) is 11.4. The van der Waals surface area contributed by atoms with E-state index in [4.69, 9.17) is 8.42 Å². The third-order valence-corrected chi connectivity index (χ3v) is 2.68. The van der Waals surface area contributed by atoms with Crippen molar-refractivity contribution in [3.8, 4) is 0 Å². The highest BCUT2D eigenvalue weighted by Crippen LogP contribution is 2.02. The Labute approximate surface area is 129 Å². The molecule has 0 aromatic carbocycles. The standard InChI is InChI=1S/C7H13N2.C2F2N3O2S.O2S/c1-2-3-5-9-6-4-8-7-9;3-1-5-2(7-6-1)10(4,8)9;1-3-2/h4,6H,2-3,5,7H2,1H3;;/q+1;-1;. The van der Waals surface area contributed by atoms with Crippen LogP contribution in [-0.2, 0) is 21.8 Å². The Kier molecular flexibility index (Phi) is 9.86. The first-order valence-electron chi connectivity index (χ1n) is 5.81. The van der Waals surface area contributed by atoms with Crippen molar-refractivity contribution in [2.75, 3.05) is 13.2 Å². The predicted octanol–water partition coefficient (Wildman–Crippen LogP) is -0.527. The van der Waals surface area contributed by atoms with Crippen LogP contribution in [0.15, 0.2) is 10.1 Å². The second-order valence-electron chi connectivity index (χ2n) is 3.66. The van der Waals surface area contributed by atoms with Gasteiger partial charge >= 0.3 is 21.8 Å². The number of unbranched alkanes of at least 4 members (excludes halogenated alkanes) is 1. The third-order valence-electron chi connectivity index (χ3n) is 2.07. The van der Waals surface area contributed by atoms with Gasteiger partial charge in [0, 0.05) is 6.42 Å². The van der Waals surface area contributed by atoms with Crippen LogP contribution >= 0.6 is 0 Å². The molecule has 1 aromatic heterocycles. The number of hydrogen-bond acceptors (Lipinski definition) is 7. The minimum Gasteiger partial charge on any atom is -0.334 e. The van der Waals surface area contributed by atoms with Crippen molar-refractivity contribution in [3.63, 3.8) is 0 Å². The van der Waals surface area contributed by atoms with Gasteiger partial charge in [0.05, 0.1) is 6.21 Å². The van der Waals surface area contributed by atoms with Crippen LogP contribution in [0.1, 0.15) is 19.8 Å². The number of rotatable bonds is 4. The maximum Gasteiger partial charge on any atom is 0.337 e. The average Bonchev–Trinajstić information content (AvgIpc) is 3.08. The van der Waals surface area contributed by atoms with E-state index in [-0.39, 0.29) is 0 Å². The summed E-state index contributed by atoms with van der Waals surface area (Å²) in [6, 6.07) is 0. The summed E-state index contributed by atoms with van der Waals surface area (Å²) in [5.41, 5.74) is 0. The molecule has 1 aliphatic heterocycles. The molecule has 0 bridgehead atoms. The summed E-state index contributed by atoms with van der Waals surface area (Å²) in [4.78, 5) is 6.59. The number of hydrogen-bond donors (Lipinski definition) is 0. The van der Waals surface area contributed by atoms with Crippen molar-refractivity contribution >= 4 is 34.2 Å². The van der Waals surface area contributed by atoms with E-state index in [9.17, 15) is 16.7 Å². The molecule has 1 aliphatic rings. The van der Waals surface area contributed by atoms with Gasteiger partial charge in [-0.1, -0.05) is 17.2 Å². The highest BCUT2D eigenvalue weighted by Gasteiger charge is 2.09. The Morgan fingerprint density at radius 3 is 2.36 bits per heavy atom. The highest BCUT2D eigenvalue weighted by atomic mass is 32.3. The van der Waals surface area contributed by atoms with Gasteiger partial charge in [0.1, 0.15) is 11.7 Å². The molecular formula is C9H13F2N5O4S2. The molecule has 0 atom stereocenters. The van der Waals surface area contributed by atoms with Crippen LogP contribution in [0, 0.1) is 6.08 Å². The van der Waals surface area contributed by atoms with Gasteiger partial charge in [0.25, 0.3) is 0 Å². The summed E-state index contributed by atoms with van der Waals surface area (Å²) in [5.74, 6) is 0. The van der Waals surface area contributed by atoms with E-state index < -0.39 is 33.0 Å². The molecule has 2 rings (SSSR count). The molecule has 0 unspecified atom stereocenters. The molecule has 0 spiro atoms. The zero-order valence-corrected chi connectivity index (χ0v) is 13.1. The molecule has 22 heavy (non-hydrogen) atoms. The second kappa shape index (κ2) is 10.8. The first kappa shape index (κ1) is 20.1. The molecule has 13 heteroatoms. The largest absolute Gasteiger partial charge is 0.337 e. The van der Waals surface area contributed by atoms with Gasteiger partial charge < -0.3 is 15.2 Å².